The monoisotopic (exact) mass is 465 g/mol. The zero-order valence-corrected chi connectivity index (χ0v) is 19.2. The van der Waals surface area contributed by atoms with Crippen LogP contribution in [0.4, 0.5) is 26.2 Å². The Morgan fingerprint density at radius 2 is 1.79 bits per heavy atom. The van der Waals surface area contributed by atoms with Gasteiger partial charge in [-0.05, 0) is 31.2 Å². The number of nitrogens with one attached hydrogen (secondary N) is 2. The van der Waals surface area contributed by atoms with Gasteiger partial charge in [-0.2, -0.15) is 0 Å². The van der Waals surface area contributed by atoms with E-state index in [2.05, 4.69) is 35.5 Å². The van der Waals surface area contributed by atoms with E-state index in [0.717, 1.165) is 38.1 Å². The van der Waals surface area contributed by atoms with Crippen LogP contribution in [-0.2, 0) is 0 Å². The summed E-state index contributed by atoms with van der Waals surface area (Å²) in [5.74, 6) is 0.112. The van der Waals surface area contributed by atoms with Gasteiger partial charge in [-0.1, -0.05) is 0 Å². The predicted octanol–water partition coefficient (Wildman–Crippen LogP) is 2.83. The molecule has 0 bridgehead atoms. The van der Waals surface area contributed by atoms with E-state index in [4.69, 9.17) is 0 Å². The number of anilines is 3. The van der Waals surface area contributed by atoms with Crippen LogP contribution in [0.1, 0.15) is 5.82 Å². The Labute approximate surface area is 195 Å². The molecule has 3 aromatic heterocycles. The van der Waals surface area contributed by atoms with E-state index in [1.54, 1.807) is 28.9 Å². The van der Waals surface area contributed by atoms with Gasteiger partial charge in [0, 0.05) is 45.8 Å². The third-order valence-electron chi connectivity index (χ3n) is 5.74. The molecule has 5 rings (SSSR count). The number of nitrogens with zero attached hydrogens (tertiary/aromatic N) is 7. The molecule has 0 radical (unpaired) electrons. The Morgan fingerprint density at radius 3 is 2.50 bits per heavy atom. The Kier molecular flexibility index (Phi) is 5.70. The smallest absolute Gasteiger partial charge is 0.229 e. The molecule has 1 aromatic carbocycles. The zero-order chi connectivity index (χ0) is 23.8. The van der Waals surface area contributed by atoms with Crippen molar-refractivity contribution in [1.82, 2.24) is 29.9 Å². The lowest BCUT2D eigenvalue weighted by Gasteiger charge is -2.29. The normalized spacial score (nSPS) is 14.0. The van der Waals surface area contributed by atoms with Crippen molar-refractivity contribution in [2.45, 2.75) is 6.92 Å². The molecule has 1 fully saturated rings. The van der Waals surface area contributed by atoms with Crippen LogP contribution in [-0.4, -0.2) is 64.9 Å². The van der Waals surface area contributed by atoms with Crippen molar-refractivity contribution in [2.75, 3.05) is 55.5 Å². The summed E-state index contributed by atoms with van der Waals surface area (Å²) in [5, 5.41) is 8.11. The van der Waals surface area contributed by atoms with Gasteiger partial charge in [0.25, 0.3) is 0 Å². The SMILES string of the molecule is Cc1nc2c(F)cc(-c3nc(Nc4ccc(N5CCNCC5)cn4)ncc3F)cc2n1N(C)C. The maximum atomic E-state index is 14.9. The molecule has 4 aromatic rings. The fraction of sp³-hybridized carbons (Fsp3) is 0.304. The van der Waals surface area contributed by atoms with Crippen molar-refractivity contribution in [3.63, 3.8) is 0 Å². The van der Waals surface area contributed by atoms with E-state index in [1.807, 2.05) is 26.2 Å². The Balaban J connectivity index is 1.45. The minimum absolute atomic E-state index is 0.0140. The van der Waals surface area contributed by atoms with Crippen molar-refractivity contribution in [1.29, 1.82) is 0 Å². The number of hydrogen-bond donors (Lipinski definition) is 2. The number of fused-ring (bicyclic) bond motifs is 1. The number of rotatable bonds is 5. The number of piperazine rings is 1. The van der Waals surface area contributed by atoms with Crippen molar-refractivity contribution in [3.05, 3.63) is 54.1 Å². The topological polar surface area (TPSA) is 87.0 Å². The minimum Gasteiger partial charge on any atom is -0.368 e. The molecule has 34 heavy (non-hydrogen) atoms. The second-order valence-electron chi connectivity index (χ2n) is 8.30. The van der Waals surface area contributed by atoms with Crippen LogP contribution in [0.15, 0.2) is 36.7 Å². The number of aromatic nitrogens is 5. The first-order chi connectivity index (χ1) is 16.4. The van der Waals surface area contributed by atoms with Crippen LogP contribution in [0, 0.1) is 18.6 Å². The molecule has 1 aliphatic heterocycles. The molecule has 2 N–H and O–H groups in total. The van der Waals surface area contributed by atoms with Crippen molar-refractivity contribution in [3.8, 4) is 11.3 Å². The second kappa shape index (κ2) is 8.82. The third kappa shape index (κ3) is 4.10. The molecular formula is C23H25F2N9. The number of imidazole rings is 1. The standard InChI is InChI=1S/C23H25F2N9/c1-14-29-22-17(24)10-15(11-19(22)34(14)32(2)3)21-18(25)13-28-23(31-21)30-20-5-4-16(12-27-20)33-8-6-26-7-9-33/h4-5,10-13,26H,6-9H2,1-3H3,(H,27,28,30,31). The first-order valence-electron chi connectivity index (χ1n) is 11.0. The Morgan fingerprint density at radius 1 is 1.00 bits per heavy atom. The first-order valence-corrected chi connectivity index (χ1v) is 11.0. The number of hydrogen-bond acceptors (Lipinski definition) is 8. The van der Waals surface area contributed by atoms with Crippen LogP contribution < -0.4 is 20.5 Å². The molecule has 0 unspecified atom stereocenters. The average molecular weight is 466 g/mol. The van der Waals surface area contributed by atoms with Gasteiger partial charge in [-0.25, -0.2) is 33.4 Å². The van der Waals surface area contributed by atoms with Crippen molar-refractivity contribution < 1.29 is 8.78 Å². The number of halogens is 2. The van der Waals surface area contributed by atoms with E-state index in [9.17, 15) is 8.78 Å². The molecule has 9 nitrogen and oxygen atoms in total. The maximum Gasteiger partial charge on any atom is 0.229 e. The highest BCUT2D eigenvalue weighted by molar-refractivity contribution is 5.83. The van der Waals surface area contributed by atoms with Crippen molar-refractivity contribution >= 4 is 28.5 Å². The van der Waals surface area contributed by atoms with Crippen molar-refractivity contribution in [2.24, 2.45) is 0 Å². The van der Waals surface area contributed by atoms with E-state index in [-0.39, 0.29) is 22.7 Å². The molecule has 0 amide bonds. The highest BCUT2D eigenvalue weighted by Gasteiger charge is 2.18. The summed E-state index contributed by atoms with van der Waals surface area (Å²) >= 11 is 0. The van der Waals surface area contributed by atoms with Crippen LogP contribution in [0.3, 0.4) is 0 Å². The summed E-state index contributed by atoms with van der Waals surface area (Å²) in [6, 6.07) is 6.71. The zero-order valence-electron chi connectivity index (χ0n) is 19.2. The maximum absolute atomic E-state index is 14.9. The number of pyridine rings is 1. The molecule has 0 spiro atoms. The first kappa shape index (κ1) is 22.0. The molecule has 0 atom stereocenters. The summed E-state index contributed by atoms with van der Waals surface area (Å²) in [4.78, 5) is 19.3. The van der Waals surface area contributed by atoms with Gasteiger partial charge in [0.2, 0.25) is 5.95 Å². The average Bonchev–Trinajstić information content (AvgIpc) is 3.18. The molecular weight excluding hydrogens is 440 g/mol. The Bertz CT molecular complexity index is 1330. The number of benzene rings is 1. The van der Waals surface area contributed by atoms with Gasteiger partial charge < -0.3 is 20.5 Å². The minimum atomic E-state index is -0.654. The molecule has 176 valence electrons. The molecule has 11 heteroatoms. The second-order valence-corrected chi connectivity index (χ2v) is 8.30. The van der Waals surface area contributed by atoms with Gasteiger partial charge in [-0.3, -0.25) is 0 Å². The highest BCUT2D eigenvalue weighted by Crippen LogP contribution is 2.29. The number of aryl methyl sites for hydroxylation is 1. The van der Waals surface area contributed by atoms with E-state index in [1.165, 1.54) is 6.07 Å². The van der Waals surface area contributed by atoms with Gasteiger partial charge >= 0.3 is 0 Å². The lowest BCUT2D eigenvalue weighted by atomic mass is 10.1. The summed E-state index contributed by atoms with van der Waals surface area (Å²) in [5.41, 5.74) is 2.05. The van der Waals surface area contributed by atoms with Crippen LogP contribution in [0.2, 0.25) is 0 Å². The van der Waals surface area contributed by atoms with Crippen LogP contribution in [0.25, 0.3) is 22.3 Å². The Hall–Kier alpha value is -3.86. The van der Waals surface area contributed by atoms with E-state index < -0.39 is 11.6 Å². The molecule has 1 aliphatic rings. The van der Waals surface area contributed by atoms with Gasteiger partial charge in [0.15, 0.2) is 11.6 Å². The molecule has 1 saturated heterocycles. The summed E-state index contributed by atoms with van der Waals surface area (Å²) in [6.07, 6.45) is 2.85. The highest BCUT2D eigenvalue weighted by atomic mass is 19.1. The molecule has 4 heterocycles. The van der Waals surface area contributed by atoms with E-state index in [0.29, 0.717) is 17.2 Å². The van der Waals surface area contributed by atoms with E-state index >= 15 is 0 Å². The largest absolute Gasteiger partial charge is 0.368 e. The molecule has 0 saturated carbocycles. The van der Waals surface area contributed by atoms with Crippen LogP contribution >= 0.6 is 0 Å². The summed E-state index contributed by atoms with van der Waals surface area (Å²) in [7, 11) is 3.65. The van der Waals surface area contributed by atoms with Gasteiger partial charge in [0.1, 0.15) is 22.9 Å². The van der Waals surface area contributed by atoms with Crippen LogP contribution in [0.5, 0.6) is 0 Å². The lowest BCUT2D eigenvalue weighted by Crippen LogP contribution is -2.43. The lowest BCUT2D eigenvalue weighted by molar-refractivity contribution is 0.589. The third-order valence-corrected chi connectivity index (χ3v) is 5.74. The van der Waals surface area contributed by atoms with Gasteiger partial charge in [-0.15, -0.1) is 0 Å². The summed E-state index contributed by atoms with van der Waals surface area (Å²) in [6.45, 7) is 5.51. The quantitative estimate of drug-likeness (QED) is 0.465. The predicted molar refractivity (Wildman–Crippen MR) is 128 cm³/mol. The van der Waals surface area contributed by atoms with Gasteiger partial charge in [0.05, 0.1) is 23.6 Å². The summed E-state index contributed by atoms with van der Waals surface area (Å²) < 4.78 is 31.3. The fourth-order valence-electron chi connectivity index (χ4n) is 4.20. The molecule has 0 aliphatic carbocycles. The fourth-order valence-corrected chi connectivity index (χ4v) is 4.20.